The number of amides is 1. The Hall–Kier alpha value is -2.90. The monoisotopic (exact) mass is 435 g/mol. The van der Waals surface area contributed by atoms with Crippen molar-refractivity contribution in [3.05, 3.63) is 72.6 Å². The number of ether oxygens (including phenoxy) is 1. The quantitative estimate of drug-likeness (QED) is 0.550. The number of hydrogen-bond donors (Lipinski definition) is 0. The molecule has 0 spiro atoms. The topological polar surface area (TPSA) is 78.4 Å². The van der Waals surface area contributed by atoms with E-state index in [2.05, 4.69) is 9.97 Å². The molecule has 4 rings (SSSR count). The van der Waals surface area contributed by atoms with Gasteiger partial charge in [0.05, 0.1) is 24.7 Å². The molecule has 1 atom stereocenters. The Morgan fingerprint density at radius 1 is 1.06 bits per heavy atom. The average Bonchev–Trinajstić information content (AvgIpc) is 2.83. The standard InChI is InChI=1S/C24H25N3O3S/c1-31(29)21-9-7-19(8-10-21)22-15-26-23(16-25-22)30-17-18-11-13-27(14-12-18)24(28)20-5-3-2-4-6-20/h2-10,15-16,18H,11-14,17H2,1H3. The number of hydrogen-bond acceptors (Lipinski definition) is 5. The normalized spacial score (nSPS) is 15.5. The molecule has 1 fully saturated rings. The third-order valence-electron chi connectivity index (χ3n) is 5.50. The lowest BCUT2D eigenvalue weighted by Gasteiger charge is -2.31. The zero-order chi connectivity index (χ0) is 21.6. The van der Waals surface area contributed by atoms with Crippen molar-refractivity contribution in [2.75, 3.05) is 26.0 Å². The molecule has 3 aromatic rings. The van der Waals surface area contributed by atoms with Crippen molar-refractivity contribution in [2.24, 2.45) is 5.92 Å². The van der Waals surface area contributed by atoms with Gasteiger partial charge in [0.1, 0.15) is 6.26 Å². The molecule has 0 saturated carbocycles. The van der Waals surface area contributed by atoms with Gasteiger partial charge in [0.2, 0.25) is 5.88 Å². The minimum absolute atomic E-state index is 0.0969. The molecule has 0 bridgehead atoms. The number of rotatable bonds is 6. The first-order chi connectivity index (χ1) is 15.1. The van der Waals surface area contributed by atoms with Gasteiger partial charge < -0.3 is 14.2 Å². The second-order valence-corrected chi connectivity index (χ2v) is 9.01. The molecule has 2 heterocycles. The molecule has 0 radical (unpaired) electrons. The van der Waals surface area contributed by atoms with Gasteiger partial charge in [-0.15, -0.1) is 0 Å². The SMILES string of the molecule is C[S+]([O-])c1ccc(-c2cnc(OCC3CCN(C(=O)c4ccccc4)CC3)cn2)cc1. The Bertz CT molecular complexity index is 987. The van der Waals surface area contributed by atoms with Crippen LogP contribution in [0.4, 0.5) is 0 Å². The van der Waals surface area contributed by atoms with Crippen LogP contribution in [0.5, 0.6) is 5.88 Å². The number of carbonyl (C=O) groups excluding carboxylic acids is 1. The molecule has 0 aliphatic carbocycles. The maximum Gasteiger partial charge on any atom is 0.253 e. The number of likely N-dealkylation sites (tertiary alicyclic amines) is 1. The molecule has 0 N–H and O–H groups in total. The number of aromatic nitrogens is 2. The summed E-state index contributed by atoms with van der Waals surface area (Å²) in [6.45, 7) is 2.05. The Morgan fingerprint density at radius 3 is 2.39 bits per heavy atom. The fourth-order valence-electron chi connectivity index (χ4n) is 3.63. The van der Waals surface area contributed by atoms with Gasteiger partial charge >= 0.3 is 0 Å². The summed E-state index contributed by atoms with van der Waals surface area (Å²) in [6, 6.07) is 16.9. The Labute approximate surface area is 185 Å². The van der Waals surface area contributed by atoms with Gasteiger partial charge in [0.15, 0.2) is 4.90 Å². The van der Waals surface area contributed by atoms with Gasteiger partial charge in [0, 0.05) is 24.2 Å². The lowest BCUT2D eigenvalue weighted by Crippen LogP contribution is -2.39. The maximum absolute atomic E-state index is 12.5. The smallest absolute Gasteiger partial charge is 0.253 e. The van der Waals surface area contributed by atoms with E-state index in [0.29, 0.717) is 18.4 Å². The first kappa shape index (κ1) is 21.3. The highest BCUT2D eigenvalue weighted by Gasteiger charge is 2.24. The molecule has 160 valence electrons. The first-order valence-electron chi connectivity index (χ1n) is 10.3. The summed E-state index contributed by atoms with van der Waals surface area (Å²) < 4.78 is 17.4. The molecule has 1 aliphatic heterocycles. The lowest BCUT2D eigenvalue weighted by molar-refractivity contribution is 0.0659. The van der Waals surface area contributed by atoms with Crippen LogP contribution in [0.3, 0.4) is 0 Å². The predicted molar refractivity (Wildman–Crippen MR) is 120 cm³/mol. The van der Waals surface area contributed by atoms with Crippen LogP contribution in [0.2, 0.25) is 0 Å². The van der Waals surface area contributed by atoms with Crippen molar-refractivity contribution < 1.29 is 14.1 Å². The summed E-state index contributed by atoms with van der Waals surface area (Å²) in [4.78, 5) is 24.1. The van der Waals surface area contributed by atoms with Crippen molar-refractivity contribution in [1.82, 2.24) is 14.9 Å². The van der Waals surface area contributed by atoms with E-state index in [1.165, 1.54) is 0 Å². The summed E-state index contributed by atoms with van der Waals surface area (Å²) in [5.74, 6) is 0.987. The van der Waals surface area contributed by atoms with Crippen LogP contribution in [0, 0.1) is 5.92 Å². The fraction of sp³-hybridized carbons (Fsp3) is 0.292. The van der Waals surface area contributed by atoms with Crippen molar-refractivity contribution in [3.63, 3.8) is 0 Å². The summed E-state index contributed by atoms with van der Waals surface area (Å²) in [7, 11) is 0. The van der Waals surface area contributed by atoms with Crippen molar-refractivity contribution in [3.8, 4) is 17.1 Å². The molecule has 1 unspecified atom stereocenters. The van der Waals surface area contributed by atoms with Crippen LogP contribution in [0.25, 0.3) is 11.3 Å². The number of carbonyl (C=O) groups is 1. The molecule has 7 heteroatoms. The minimum atomic E-state index is -0.995. The molecule has 1 aliphatic rings. The van der Waals surface area contributed by atoms with E-state index in [0.717, 1.165) is 47.6 Å². The van der Waals surface area contributed by atoms with Crippen LogP contribution in [-0.2, 0) is 11.2 Å². The van der Waals surface area contributed by atoms with Gasteiger partial charge in [-0.05, 0) is 66.3 Å². The van der Waals surface area contributed by atoms with E-state index in [9.17, 15) is 9.35 Å². The Balaban J connectivity index is 1.26. The first-order valence-corrected chi connectivity index (χ1v) is 11.9. The average molecular weight is 436 g/mol. The fourth-order valence-corrected chi connectivity index (χ4v) is 4.15. The van der Waals surface area contributed by atoms with E-state index in [1.807, 2.05) is 59.5 Å². The number of piperidine rings is 1. The van der Waals surface area contributed by atoms with Gasteiger partial charge in [0.25, 0.3) is 5.91 Å². The van der Waals surface area contributed by atoms with E-state index < -0.39 is 11.2 Å². The van der Waals surface area contributed by atoms with Crippen LogP contribution in [-0.4, -0.2) is 51.3 Å². The molecule has 6 nitrogen and oxygen atoms in total. The lowest BCUT2D eigenvalue weighted by atomic mass is 9.97. The minimum Gasteiger partial charge on any atom is -0.612 e. The van der Waals surface area contributed by atoms with Crippen LogP contribution < -0.4 is 4.74 Å². The van der Waals surface area contributed by atoms with Crippen molar-refractivity contribution in [2.45, 2.75) is 17.7 Å². The summed E-state index contributed by atoms with van der Waals surface area (Å²) in [5.41, 5.74) is 2.40. The number of benzene rings is 2. The van der Waals surface area contributed by atoms with E-state index in [1.54, 1.807) is 18.6 Å². The van der Waals surface area contributed by atoms with E-state index >= 15 is 0 Å². The van der Waals surface area contributed by atoms with Crippen molar-refractivity contribution >= 4 is 17.1 Å². The van der Waals surface area contributed by atoms with E-state index in [-0.39, 0.29) is 5.91 Å². The van der Waals surface area contributed by atoms with E-state index in [4.69, 9.17) is 4.74 Å². The maximum atomic E-state index is 12.5. The highest BCUT2D eigenvalue weighted by atomic mass is 32.2. The summed E-state index contributed by atoms with van der Waals surface area (Å²) in [6.07, 6.45) is 6.81. The highest BCUT2D eigenvalue weighted by molar-refractivity contribution is 7.90. The second kappa shape index (κ2) is 9.94. The van der Waals surface area contributed by atoms with Gasteiger partial charge in [-0.1, -0.05) is 18.2 Å². The van der Waals surface area contributed by atoms with Gasteiger partial charge in [-0.3, -0.25) is 4.79 Å². The molecular formula is C24H25N3O3S. The van der Waals surface area contributed by atoms with Crippen LogP contribution in [0.15, 0.2) is 71.9 Å². The summed E-state index contributed by atoms with van der Waals surface area (Å²) >= 11 is -0.995. The Kier molecular flexibility index (Phi) is 6.84. The molecule has 31 heavy (non-hydrogen) atoms. The molecule has 1 saturated heterocycles. The Morgan fingerprint density at radius 2 is 1.77 bits per heavy atom. The molecular weight excluding hydrogens is 410 g/mol. The van der Waals surface area contributed by atoms with Crippen molar-refractivity contribution in [1.29, 1.82) is 0 Å². The third-order valence-corrected chi connectivity index (χ3v) is 6.44. The third kappa shape index (κ3) is 5.42. The summed E-state index contributed by atoms with van der Waals surface area (Å²) in [5, 5.41) is 0. The second-order valence-electron chi connectivity index (χ2n) is 7.63. The zero-order valence-electron chi connectivity index (χ0n) is 17.4. The highest BCUT2D eigenvalue weighted by Crippen LogP contribution is 2.22. The van der Waals surface area contributed by atoms with Gasteiger partial charge in [-0.25, -0.2) is 9.97 Å². The number of nitrogens with zero attached hydrogens (tertiary/aromatic N) is 3. The van der Waals surface area contributed by atoms with Crippen LogP contribution >= 0.6 is 0 Å². The molecule has 2 aromatic carbocycles. The predicted octanol–water partition coefficient (Wildman–Crippen LogP) is 3.81. The molecule has 1 aromatic heterocycles. The van der Waals surface area contributed by atoms with Crippen LogP contribution in [0.1, 0.15) is 23.2 Å². The largest absolute Gasteiger partial charge is 0.612 e. The van der Waals surface area contributed by atoms with Gasteiger partial charge in [-0.2, -0.15) is 0 Å². The molecule has 1 amide bonds. The zero-order valence-corrected chi connectivity index (χ0v) is 18.3.